The molecule has 0 radical (unpaired) electrons. The zero-order chi connectivity index (χ0) is 43.5. The fraction of sp³-hybridized carbons (Fsp3) is 0.189. The van der Waals surface area contributed by atoms with Gasteiger partial charge in [-0.2, -0.15) is 0 Å². The Labute approximate surface area is 368 Å². The molecule has 1 aliphatic carbocycles. The van der Waals surface area contributed by atoms with Crippen molar-refractivity contribution in [3.8, 4) is 0 Å². The topological polar surface area (TPSA) is 84.5 Å². The summed E-state index contributed by atoms with van der Waals surface area (Å²) >= 11 is 2.81. The van der Waals surface area contributed by atoms with E-state index < -0.39 is 5.97 Å². The number of anilines is 2. The maximum Gasteiger partial charge on any atom is 0.339 e. The number of benzene rings is 6. The molecule has 0 saturated heterocycles. The highest BCUT2D eigenvalue weighted by Crippen LogP contribution is 2.46. The molecule has 0 spiro atoms. The summed E-state index contributed by atoms with van der Waals surface area (Å²) < 4.78 is 5.74. The van der Waals surface area contributed by atoms with Gasteiger partial charge < -0.3 is 15.4 Å². The first-order valence-corrected chi connectivity index (χ1v) is 22.1. The van der Waals surface area contributed by atoms with Crippen molar-refractivity contribution in [2.24, 2.45) is 11.8 Å². The molecule has 0 unspecified atom stereocenters. The van der Waals surface area contributed by atoms with Crippen LogP contribution in [0.15, 0.2) is 167 Å². The van der Waals surface area contributed by atoms with Crippen LogP contribution in [0.2, 0.25) is 0 Å². The lowest BCUT2D eigenvalue weighted by molar-refractivity contribution is 0.0468. The van der Waals surface area contributed by atoms with Crippen molar-refractivity contribution in [3.63, 3.8) is 0 Å². The minimum atomic E-state index is -0.468. The molecule has 0 heterocycles. The Bertz CT molecular complexity index is 2530. The van der Waals surface area contributed by atoms with E-state index in [9.17, 15) is 4.79 Å². The Balaban J connectivity index is 0.00000307. The van der Waals surface area contributed by atoms with Crippen LogP contribution in [0.5, 0.6) is 0 Å². The highest BCUT2D eigenvalue weighted by Gasteiger charge is 2.38. The molecule has 1 aliphatic rings. The van der Waals surface area contributed by atoms with Crippen LogP contribution in [0.1, 0.15) is 92.1 Å². The molecular weight excluding hydrogens is 793 g/mol. The lowest BCUT2D eigenvalue weighted by Crippen LogP contribution is -2.26. The largest absolute Gasteiger partial charge is 0.457 e. The molecule has 6 aromatic rings. The zero-order valence-electron chi connectivity index (χ0n) is 35.3. The lowest BCUT2D eigenvalue weighted by Gasteiger charge is -2.27. The number of hydrogen-bond acceptors (Lipinski definition) is 8. The molecule has 6 nitrogen and oxygen atoms in total. The van der Waals surface area contributed by atoms with Crippen LogP contribution in [-0.2, 0) is 17.8 Å². The van der Waals surface area contributed by atoms with Crippen molar-refractivity contribution >= 4 is 58.5 Å². The number of ketones is 2. The first-order chi connectivity index (χ1) is 29.6. The SMILES string of the molecule is C=C.C=Cc1ccc(Cc2ccccc2Sc2ccc(NCC(C)C)c3c2C(=O)c2c(NCC(C)C)ccc(Sc4ccccc4C(=O)OCc4ccccc4)c2C3=O)cc1. The average Bonchev–Trinajstić information content (AvgIpc) is 3.28. The van der Waals surface area contributed by atoms with Gasteiger partial charge in [-0.15, -0.1) is 13.2 Å². The van der Waals surface area contributed by atoms with Gasteiger partial charge in [0.25, 0.3) is 0 Å². The van der Waals surface area contributed by atoms with Crippen LogP contribution >= 0.6 is 23.5 Å². The summed E-state index contributed by atoms with van der Waals surface area (Å²) in [6, 6.07) is 41.0. The second-order valence-corrected chi connectivity index (χ2v) is 17.6. The summed E-state index contributed by atoms with van der Waals surface area (Å²) in [4.78, 5) is 47.1. The third-order valence-corrected chi connectivity index (χ3v) is 12.3. The van der Waals surface area contributed by atoms with E-state index in [0.717, 1.165) is 27.1 Å². The molecule has 6 aromatic carbocycles. The lowest BCUT2D eigenvalue weighted by atomic mass is 9.82. The van der Waals surface area contributed by atoms with Crippen molar-refractivity contribution in [1.29, 1.82) is 0 Å². The highest BCUT2D eigenvalue weighted by atomic mass is 32.2. The number of rotatable bonds is 16. The number of nitrogens with one attached hydrogen (secondary N) is 2. The third kappa shape index (κ3) is 10.6. The number of hydrogen-bond donors (Lipinski definition) is 2. The van der Waals surface area contributed by atoms with Gasteiger partial charge in [-0.05, 0) is 83.0 Å². The molecule has 0 fully saturated rings. The fourth-order valence-corrected chi connectivity index (χ4v) is 9.10. The molecule has 0 aromatic heterocycles. The molecule has 7 rings (SSSR count). The van der Waals surface area contributed by atoms with Gasteiger partial charge in [0.15, 0.2) is 11.6 Å². The van der Waals surface area contributed by atoms with E-state index in [1.807, 2.05) is 84.9 Å². The Kier molecular flexibility index (Phi) is 15.3. The predicted molar refractivity (Wildman–Crippen MR) is 254 cm³/mol. The average molecular weight is 845 g/mol. The van der Waals surface area contributed by atoms with Gasteiger partial charge >= 0.3 is 5.97 Å². The number of carbonyl (C=O) groups is 3. The Hall–Kier alpha value is -6.09. The zero-order valence-corrected chi connectivity index (χ0v) is 36.9. The second kappa shape index (κ2) is 20.9. The highest BCUT2D eigenvalue weighted by molar-refractivity contribution is 7.99. The molecule has 0 atom stereocenters. The predicted octanol–water partition coefficient (Wildman–Crippen LogP) is 13.3. The van der Waals surface area contributed by atoms with Crippen molar-refractivity contribution < 1.29 is 19.1 Å². The molecule has 0 bridgehead atoms. The number of carbonyl (C=O) groups excluding carboxylic acids is 3. The van der Waals surface area contributed by atoms with E-state index in [0.29, 0.717) is 79.3 Å². The molecule has 2 N–H and O–H groups in total. The first-order valence-electron chi connectivity index (χ1n) is 20.5. The van der Waals surface area contributed by atoms with E-state index in [4.69, 9.17) is 4.74 Å². The van der Waals surface area contributed by atoms with Crippen molar-refractivity contribution in [3.05, 3.63) is 197 Å². The number of esters is 1. The second-order valence-electron chi connectivity index (χ2n) is 15.4. The van der Waals surface area contributed by atoms with Gasteiger partial charge in [0.1, 0.15) is 6.61 Å². The summed E-state index contributed by atoms with van der Waals surface area (Å²) in [6.45, 7) is 19.7. The minimum absolute atomic E-state index is 0.133. The van der Waals surface area contributed by atoms with Crippen molar-refractivity contribution in [2.75, 3.05) is 23.7 Å². The van der Waals surface area contributed by atoms with Gasteiger partial charge in [-0.25, -0.2) is 4.79 Å². The Morgan fingerprint density at radius 1 is 0.590 bits per heavy atom. The summed E-state index contributed by atoms with van der Waals surface area (Å²) in [7, 11) is 0. The van der Waals surface area contributed by atoms with Crippen LogP contribution in [0.25, 0.3) is 6.08 Å². The maximum absolute atomic E-state index is 15.3. The maximum atomic E-state index is 15.3. The third-order valence-electron chi connectivity index (χ3n) is 9.99. The molecule has 61 heavy (non-hydrogen) atoms. The first kappa shape index (κ1) is 44.5. The normalized spacial score (nSPS) is 11.6. The fourth-order valence-electron chi connectivity index (χ4n) is 6.94. The molecule has 0 saturated carbocycles. The van der Waals surface area contributed by atoms with Gasteiger partial charge in [-0.1, -0.05) is 149 Å². The summed E-state index contributed by atoms with van der Waals surface area (Å²) in [5, 5.41) is 6.99. The van der Waals surface area contributed by atoms with Crippen LogP contribution in [0.3, 0.4) is 0 Å². The van der Waals surface area contributed by atoms with Crippen LogP contribution in [0.4, 0.5) is 11.4 Å². The van der Waals surface area contributed by atoms with E-state index >= 15 is 9.59 Å². The van der Waals surface area contributed by atoms with Gasteiger partial charge in [0, 0.05) is 55.2 Å². The Morgan fingerprint density at radius 2 is 1.10 bits per heavy atom. The van der Waals surface area contributed by atoms with Crippen LogP contribution in [-0.4, -0.2) is 30.6 Å². The summed E-state index contributed by atoms with van der Waals surface area (Å²) in [5.74, 6) is -0.335. The molecular formula is C53H52N2O4S2. The molecule has 310 valence electrons. The molecule has 0 aliphatic heterocycles. The summed E-state index contributed by atoms with van der Waals surface area (Å²) in [5.41, 5.74) is 7.27. The quantitative estimate of drug-likeness (QED) is 0.0735. The Morgan fingerprint density at radius 3 is 1.66 bits per heavy atom. The number of fused-ring (bicyclic) bond motifs is 2. The van der Waals surface area contributed by atoms with Crippen LogP contribution < -0.4 is 10.6 Å². The van der Waals surface area contributed by atoms with Gasteiger partial charge in [0.05, 0.1) is 16.7 Å². The molecule has 0 amide bonds. The number of ether oxygens (including phenoxy) is 1. The monoisotopic (exact) mass is 844 g/mol. The smallest absolute Gasteiger partial charge is 0.339 e. The van der Waals surface area contributed by atoms with Crippen molar-refractivity contribution in [1.82, 2.24) is 0 Å². The van der Waals surface area contributed by atoms with Gasteiger partial charge in [-0.3, -0.25) is 9.59 Å². The van der Waals surface area contributed by atoms with Crippen molar-refractivity contribution in [2.45, 2.75) is 60.3 Å². The van der Waals surface area contributed by atoms with Gasteiger partial charge in [0.2, 0.25) is 0 Å². The van der Waals surface area contributed by atoms with E-state index in [-0.39, 0.29) is 24.1 Å². The van der Waals surface area contributed by atoms with E-state index in [1.165, 1.54) is 23.5 Å². The van der Waals surface area contributed by atoms with E-state index in [1.54, 1.807) is 12.1 Å². The summed E-state index contributed by atoms with van der Waals surface area (Å²) in [6.07, 6.45) is 2.54. The minimum Gasteiger partial charge on any atom is -0.457 e. The standard InChI is InChI=1S/C51H48N2O4S2.C2H4/c1-6-34-20-22-35(23-21-34)28-37-16-10-12-18-41(37)58-43-26-24-39(52-29-32(2)3)45-47(43)49(54)46-40(53-30-33(4)5)25-27-44(48(46)50(45)55)59-42-19-13-11-17-38(42)51(56)57-31-36-14-8-7-9-15-36;1-2/h6-27,32-33,52-53H,1,28-31H2,2-5H3;1-2H2. The van der Waals surface area contributed by atoms with Crippen LogP contribution in [0, 0.1) is 11.8 Å². The van der Waals surface area contributed by atoms with E-state index in [2.05, 4.69) is 94.5 Å². The molecule has 8 heteroatoms.